The number of urea groups is 1. The van der Waals surface area contributed by atoms with Crippen molar-refractivity contribution in [2.45, 2.75) is 18.5 Å². The molecule has 11 heavy (non-hydrogen) atoms. The van der Waals surface area contributed by atoms with E-state index < -0.39 is 0 Å². The first-order valence-corrected chi connectivity index (χ1v) is 4.03. The molecule has 2 amide bonds. The normalized spacial score (nSPS) is 36.8. The summed E-state index contributed by atoms with van der Waals surface area (Å²) in [4.78, 5) is 12.9. The highest BCUT2D eigenvalue weighted by Gasteiger charge is 2.37. The van der Waals surface area contributed by atoms with E-state index in [1.165, 1.54) is 0 Å². The molecular weight excluding hydrogens is 142 g/mol. The summed E-state index contributed by atoms with van der Waals surface area (Å²) in [7, 11) is 1.87. The van der Waals surface area contributed by atoms with E-state index in [4.69, 9.17) is 0 Å². The van der Waals surface area contributed by atoms with Gasteiger partial charge in [0, 0.05) is 13.6 Å². The topological polar surface area (TPSA) is 44.4 Å². The van der Waals surface area contributed by atoms with E-state index in [0.29, 0.717) is 12.1 Å². The molecule has 2 atom stereocenters. The SMILES string of the molecule is CN1C(=O)NC2CNCCC21. The van der Waals surface area contributed by atoms with Crippen LogP contribution in [0.15, 0.2) is 0 Å². The molecule has 2 unspecified atom stereocenters. The maximum Gasteiger partial charge on any atom is 0.317 e. The number of piperidine rings is 1. The summed E-state index contributed by atoms with van der Waals surface area (Å²) >= 11 is 0. The van der Waals surface area contributed by atoms with E-state index >= 15 is 0 Å². The first-order valence-electron chi connectivity index (χ1n) is 4.03. The lowest BCUT2D eigenvalue weighted by Crippen LogP contribution is -2.48. The molecule has 2 aliphatic heterocycles. The summed E-state index contributed by atoms with van der Waals surface area (Å²) < 4.78 is 0. The van der Waals surface area contributed by atoms with E-state index in [9.17, 15) is 4.79 Å². The molecule has 4 nitrogen and oxygen atoms in total. The molecule has 0 spiro atoms. The Kier molecular flexibility index (Phi) is 1.49. The van der Waals surface area contributed by atoms with Gasteiger partial charge in [0.15, 0.2) is 0 Å². The smallest absolute Gasteiger partial charge is 0.317 e. The summed E-state index contributed by atoms with van der Waals surface area (Å²) in [5, 5.41) is 6.19. The molecule has 2 aliphatic rings. The number of carbonyl (C=O) groups excluding carboxylic acids is 1. The highest BCUT2D eigenvalue weighted by atomic mass is 16.2. The molecule has 0 aromatic rings. The maximum absolute atomic E-state index is 11.1. The predicted molar refractivity (Wildman–Crippen MR) is 41.4 cm³/mol. The third-order valence-electron chi connectivity index (χ3n) is 2.57. The summed E-state index contributed by atoms with van der Waals surface area (Å²) in [5.74, 6) is 0. The molecule has 2 saturated heterocycles. The van der Waals surface area contributed by atoms with Gasteiger partial charge in [0.1, 0.15) is 0 Å². The highest BCUT2D eigenvalue weighted by molar-refractivity contribution is 5.77. The van der Waals surface area contributed by atoms with E-state index in [-0.39, 0.29) is 6.03 Å². The molecule has 4 heteroatoms. The minimum atomic E-state index is 0.0729. The van der Waals surface area contributed by atoms with Gasteiger partial charge in [-0.05, 0) is 13.0 Å². The zero-order valence-corrected chi connectivity index (χ0v) is 6.63. The lowest BCUT2D eigenvalue weighted by molar-refractivity contribution is 0.210. The Morgan fingerprint density at radius 1 is 1.64 bits per heavy atom. The average molecular weight is 155 g/mol. The van der Waals surface area contributed by atoms with Crippen LogP contribution in [0.2, 0.25) is 0 Å². The van der Waals surface area contributed by atoms with Gasteiger partial charge in [-0.3, -0.25) is 0 Å². The Balaban J connectivity index is 2.11. The second-order valence-corrected chi connectivity index (χ2v) is 3.23. The first kappa shape index (κ1) is 6.91. The van der Waals surface area contributed by atoms with Gasteiger partial charge in [0.25, 0.3) is 0 Å². The summed E-state index contributed by atoms with van der Waals surface area (Å²) in [6.07, 6.45) is 1.07. The number of hydrogen-bond acceptors (Lipinski definition) is 2. The number of hydrogen-bond donors (Lipinski definition) is 2. The monoisotopic (exact) mass is 155 g/mol. The van der Waals surface area contributed by atoms with Gasteiger partial charge < -0.3 is 15.5 Å². The van der Waals surface area contributed by atoms with Crippen molar-refractivity contribution in [1.82, 2.24) is 15.5 Å². The molecule has 0 aromatic heterocycles. The Hall–Kier alpha value is -0.770. The number of carbonyl (C=O) groups is 1. The zero-order valence-electron chi connectivity index (χ0n) is 6.63. The Bertz CT molecular complexity index is 183. The molecule has 2 heterocycles. The molecule has 0 radical (unpaired) electrons. The predicted octanol–water partition coefficient (Wildman–Crippen LogP) is -0.628. The Labute approximate surface area is 65.9 Å². The summed E-state index contributed by atoms with van der Waals surface area (Å²) in [5.41, 5.74) is 0. The van der Waals surface area contributed by atoms with Crippen molar-refractivity contribution in [2.24, 2.45) is 0 Å². The average Bonchev–Trinajstić information content (AvgIpc) is 2.30. The van der Waals surface area contributed by atoms with Crippen molar-refractivity contribution in [3.8, 4) is 0 Å². The quantitative estimate of drug-likeness (QED) is 0.489. The number of nitrogens with one attached hydrogen (secondary N) is 2. The fourth-order valence-electron chi connectivity index (χ4n) is 1.87. The van der Waals surface area contributed by atoms with Crippen molar-refractivity contribution in [3.63, 3.8) is 0 Å². The minimum absolute atomic E-state index is 0.0729. The van der Waals surface area contributed by atoms with E-state index in [2.05, 4.69) is 10.6 Å². The van der Waals surface area contributed by atoms with Gasteiger partial charge in [-0.15, -0.1) is 0 Å². The standard InChI is InChI=1S/C7H13N3O/c1-10-6-2-3-8-4-5(6)9-7(10)11/h5-6,8H,2-4H2,1H3,(H,9,11). The van der Waals surface area contributed by atoms with E-state index in [0.717, 1.165) is 19.5 Å². The van der Waals surface area contributed by atoms with Gasteiger partial charge in [-0.1, -0.05) is 0 Å². The molecule has 0 aromatic carbocycles. The molecule has 2 rings (SSSR count). The number of rotatable bonds is 0. The molecule has 62 valence electrons. The van der Waals surface area contributed by atoms with Crippen molar-refractivity contribution >= 4 is 6.03 Å². The van der Waals surface area contributed by atoms with Crippen molar-refractivity contribution in [3.05, 3.63) is 0 Å². The maximum atomic E-state index is 11.1. The zero-order chi connectivity index (χ0) is 7.84. The fourth-order valence-corrected chi connectivity index (χ4v) is 1.87. The van der Waals surface area contributed by atoms with Crippen LogP contribution >= 0.6 is 0 Å². The lowest BCUT2D eigenvalue weighted by atomic mass is 10.0. The van der Waals surface area contributed by atoms with Crippen molar-refractivity contribution in [1.29, 1.82) is 0 Å². The van der Waals surface area contributed by atoms with Gasteiger partial charge >= 0.3 is 6.03 Å². The minimum Gasteiger partial charge on any atom is -0.332 e. The molecular formula is C7H13N3O. The van der Waals surface area contributed by atoms with Crippen LogP contribution in [0.25, 0.3) is 0 Å². The number of fused-ring (bicyclic) bond motifs is 1. The van der Waals surface area contributed by atoms with Gasteiger partial charge in [-0.25, -0.2) is 4.79 Å². The van der Waals surface area contributed by atoms with Gasteiger partial charge in [0.2, 0.25) is 0 Å². The van der Waals surface area contributed by atoms with Crippen LogP contribution in [0.1, 0.15) is 6.42 Å². The molecule has 0 aliphatic carbocycles. The van der Waals surface area contributed by atoms with Crippen molar-refractivity contribution in [2.75, 3.05) is 20.1 Å². The van der Waals surface area contributed by atoms with Crippen LogP contribution in [-0.4, -0.2) is 43.2 Å². The fraction of sp³-hybridized carbons (Fsp3) is 0.857. The molecule has 0 bridgehead atoms. The van der Waals surface area contributed by atoms with Gasteiger partial charge in [-0.2, -0.15) is 0 Å². The van der Waals surface area contributed by atoms with Crippen molar-refractivity contribution < 1.29 is 4.79 Å². The van der Waals surface area contributed by atoms with Crippen LogP contribution < -0.4 is 10.6 Å². The molecule has 0 saturated carbocycles. The molecule has 2 N–H and O–H groups in total. The van der Waals surface area contributed by atoms with Crippen LogP contribution in [0.5, 0.6) is 0 Å². The number of likely N-dealkylation sites (N-methyl/N-ethyl adjacent to an activating group) is 1. The third-order valence-corrected chi connectivity index (χ3v) is 2.57. The first-order chi connectivity index (χ1) is 5.29. The van der Waals surface area contributed by atoms with Gasteiger partial charge in [0.05, 0.1) is 12.1 Å². The Morgan fingerprint density at radius 2 is 2.45 bits per heavy atom. The lowest BCUT2D eigenvalue weighted by Gasteiger charge is -2.27. The Morgan fingerprint density at radius 3 is 3.18 bits per heavy atom. The highest BCUT2D eigenvalue weighted by Crippen LogP contribution is 2.16. The van der Waals surface area contributed by atoms with E-state index in [1.54, 1.807) is 0 Å². The number of amides is 2. The number of nitrogens with zero attached hydrogens (tertiary/aromatic N) is 1. The van der Waals surface area contributed by atoms with E-state index in [1.807, 2.05) is 11.9 Å². The summed E-state index contributed by atoms with van der Waals surface area (Å²) in [6, 6.07) is 0.827. The molecule has 2 fully saturated rings. The largest absolute Gasteiger partial charge is 0.332 e. The second kappa shape index (κ2) is 2.37. The van der Waals surface area contributed by atoms with Crippen LogP contribution in [0.4, 0.5) is 4.79 Å². The van der Waals surface area contributed by atoms with Crippen LogP contribution in [-0.2, 0) is 0 Å². The van der Waals surface area contributed by atoms with Crippen LogP contribution in [0, 0.1) is 0 Å². The van der Waals surface area contributed by atoms with Crippen LogP contribution in [0.3, 0.4) is 0 Å². The third kappa shape index (κ3) is 0.976. The summed E-state index contributed by atoms with van der Waals surface area (Å²) in [6.45, 7) is 1.95. The second-order valence-electron chi connectivity index (χ2n) is 3.23.